The van der Waals surface area contributed by atoms with Gasteiger partial charge in [-0.1, -0.05) is 11.6 Å². The summed E-state index contributed by atoms with van der Waals surface area (Å²) in [6, 6.07) is 0. The first kappa shape index (κ1) is 8.10. The van der Waals surface area contributed by atoms with Gasteiger partial charge in [0.1, 0.15) is 16.7 Å². The van der Waals surface area contributed by atoms with Crippen LogP contribution < -0.4 is 16.8 Å². The number of nitrogens with one attached hydrogen (secondary N) is 2. The number of halogens is 1. The van der Waals surface area contributed by atoms with Crippen LogP contribution in [0.15, 0.2) is 10.9 Å². The van der Waals surface area contributed by atoms with E-state index in [1.165, 1.54) is 0 Å². The van der Waals surface area contributed by atoms with Crippen molar-refractivity contribution < 1.29 is 0 Å². The molecular formula is C4H9ClN4. The summed E-state index contributed by atoms with van der Waals surface area (Å²) >= 11 is 5.31. The Hall–Kier alpha value is -0.900. The van der Waals surface area contributed by atoms with Gasteiger partial charge >= 0.3 is 0 Å². The molecule has 0 rings (SSSR count). The molecule has 0 unspecified atom stereocenters. The zero-order valence-corrected chi connectivity index (χ0v) is 5.79. The lowest BCUT2D eigenvalue weighted by molar-refractivity contribution is 1.02. The number of hydrogen-bond donors (Lipinski definition) is 4. The third-order valence-corrected chi connectivity index (χ3v) is 0.947. The molecule has 5 heteroatoms. The molecule has 0 aliphatic heterocycles. The summed E-state index contributed by atoms with van der Waals surface area (Å²) in [5.41, 5.74) is 10.4. The van der Waals surface area contributed by atoms with Crippen molar-refractivity contribution >= 4 is 17.4 Å². The Bertz CT molecular complexity index is 147. The van der Waals surface area contributed by atoms with Gasteiger partial charge in [-0.2, -0.15) is 0 Å². The minimum absolute atomic E-state index is 0.00463. The molecule has 9 heavy (non-hydrogen) atoms. The summed E-state index contributed by atoms with van der Waals surface area (Å²) in [7, 11) is 1.59. The van der Waals surface area contributed by atoms with Gasteiger partial charge in [0.2, 0.25) is 0 Å². The zero-order valence-electron chi connectivity index (χ0n) is 5.03. The summed E-state index contributed by atoms with van der Waals surface area (Å²) in [6.45, 7) is 0. The number of hydrogen-bond acceptors (Lipinski definition) is 3. The van der Waals surface area contributed by atoms with Crippen molar-refractivity contribution in [2.24, 2.45) is 11.5 Å². The van der Waals surface area contributed by atoms with E-state index < -0.39 is 0 Å². The maximum absolute atomic E-state index is 6.87. The fourth-order valence-corrected chi connectivity index (χ4v) is 0.579. The second-order valence-electron chi connectivity index (χ2n) is 1.39. The van der Waals surface area contributed by atoms with Crippen molar-refractivity contribution in [2.75, 3.05) is 7.05 Å². The van der Waals surface area contributed by atoms with Gasteiger partial charge in [0.25, 0.3) is 0 Å². The lowest BCUT2D eigenvalue weighted by atomic mass is 10.4. The highest BCUT2D eigenvalue weighted by atomic mass is 35.5. The first-order chi connectivity index (χ1) is 4.09. The maximum atomic E-state index is 6.87. The van der Waals surface area contributed by atoms with E-state index in [-0.39, 0.29) is 16.7 Å². The normalized spacial score (nSPS) is 12.2. The van der Waals surface area contributed by atoms with Crippen LogP contribution in [0.2, 0.25) is 0 Å². The maximum Gasteiger partial charge on any atom is 0.142 e. The topological polar surface area (TPSA) is 87.9 Å². The molecule has 0 aromatic heterocycles. The molecule has 52 valence electrons. The van der Waals surface area contributed by atoms with E-state index in [0.29, 0.717) is 0 Å². The van der Waals surface area contributed by atoms with Gasteiger partial charge < -0.3 is 16.8 Å². The highest BCUT2D eigenvalue weighted by Gasteiger charge is 2.00. The van der Waals surface area contributed by atoms with Crippen LogP contribution in [0.5, 0.6) is 0 Å². The summed E-state index contributed by atoms with van der Waals surface area (Å²) in [4.78, 5) is 0. The molecule has 0 aliphatic carbocycles. The molecule has 0 saturated carbocycles. The Balaban J connectivity index is 4.35. The molecule has 0 aromatic carbocycles. The molecule has 0 atom stereocenters. The van der Waals surface area contributed by atoms with Gasteiger partial charge in [0.05, 0.1) is 0 Å². The second kappa shape index (κ2) is 3.19. The Morgan fingerprint density at radius 1 is 1.56 bits per heavy atom. The molecule has 0 bridgehead atoms. The lowest BCUT2D eigenvalue weighted by Gasteiger charge is -2.03. The van der Waals surface area contributed by atoms with Crippen molar-refractivity contribution in [3.8, 4) is 0 Å². The van der Waals surface area contributed by atoms with Crippen molar-refractivity contribution in [1.29, 1.82) is 5.41 Å². The molecule has 6 N–H and O–H groups in total. The van der Waals surface area contributed by atoms with Crippen molar-refractivity contribution in [3.05, 3.63) is 10.9 Å². The monoisotopic (exact) mass is 148 g/mol. The average molecular weight is 149 g/mol. The highest BCUT2D eigenvalue weighted by molar-refractivity contribution is 6.31. The molecule has 0 aromatic rings. The smallest absolute Gasteiger partial charge is 0.142 e. The van der Waals surface area contributed by atoms with Crippen LogP contribution >= 0.6 is 11.6 Å². The van der Waals surface area contributed by atoms with E-state index >= 15 is 0 Å². The molecule has 4 nitrogen and oxygen atoms in total. The highest BCUT2D eigenvalue weighted by Crippen LogP contribution is 1.96. The minimum Gasteiger partial charge on any atom is -0.388 e. The quantitative estimate of drug-likeness (QED) is 0.242. The predicted octanol–water partition coefficient (Wildman–Crippen LogP) is -0.492. The van der Waals surface area contributed by atoms with Gasteiger partial charge in [-0.15, -0.1) is 0 Å². The van der Waals surface area contributed by atoms with E-state index in [4.69, 9.17) is 28.5 Å². The second-order valence-corrected chi connectivity index (χ2v) is 1.79. The van der Waals surface area contributed by atoms with Gasteiger partial charge in [-0.25, -0.2) is 0 Å². The van der Waals surface area contributed by atoms with Crippen LogP contribution in [0.1, 0.15) is 0 Å². The molecule has 0 fully saturated rings. The number of likely N-dealkylation sites (N-methyl/N-ethyl adjacent to an activating group) is 1. The van der Waals surface area contributed by atoms with Gasteiger partial charge in [-0.3, -0.25) is 5.41 Å². The predicted molar refractivity (Wildman–Crippen MR) is 38.0 cm³/mol. The first-order valence-electron chi connectivity index (χ1n) is 2.27. The third kappa shape index (κ3) is 2.23. The molecule has 0 spiro atoms. The van der Waals surface area contributed by atoms with Crippen LogP contribution in [0.4, 0.5) is 0 Å². The van der Waals surface area contributed by atoms with E-state index in [1.807, 2.05) is 0 Å². The van der Waals surface area contributed by atoms with Crippen LogP contribution in [0, 0.1) is 5.41 Å². The van der Waals surface area contributed by atoms with E-state index in [1.54, 1.807) is 7.05 Å². The summed E-state index contributed by atoms with van der Waals surface area (Å²) in [5, 5.41) is 9.45. The Morgan fingerprint density at radius 2 is 2.00 bits per heavy atom. The van der Waals surface area contributed by atoms with E-state index in [0.717, 1.165) is 0 Å². The van der Waals surface area contributed by atoms with E-state index in [9.17, 15) is 0 Å². The lowest BCUT2D eigenvalue weighted by Crippen LogP contribution is -2.25. The number of rotatable bonds is 2. The van der Waals surface area contributed by atoms with Crippen molar-refractivity contribution in [3.63, 3.8) is 0 Å². The molecule has 0 heterocycles. The largest absolute Gasteiger partial charge is 0.388 e. The number of amidine groups is 1. The zero-order chi connectivity index (χ0) is 7.44. The van der Waals surface area contributed by atoms with E-state index in [2.05, 4.69) is 5.32 Å². The number of nitrogens with two attached hydrogens (primary N) is 2. The van der Waals surface area contributed by atoms with Crippen LogP contribution in [-0.4, -0.2) is 12.9 Å². The van der Waals surface area contributed by atoms with Gasteiger partial charge in [0, 0.05) is 7.05 Å². The molecular weight excluding hydrogens is 140 g/mol. The van der Waals surface area contributed by atoms with Crippen molar-refractivity contribution in [2.45, 2.75) is 0 Å². The molecule has 0 radical (unpaired) electrons. The SMILES string of the molecule is CNC(C(=N)N)=C(N)Cl. The third-order valence-electron chi connectivity index (χ3n) is 0.758. The van der Waals surface area contributed by atoms with Gasteiger partial charge in [-0.05, 0) is 0 Å². The Labute approximate surface area is 58.4 Å². The Kier molecular flexibility index (Phi) is 2.87. The minimum atomic E-state index is -0.162. The van der Waals surface area contributed by atoms with Crippen LogP contribution in [-0.2, 0) is 0 Å². The van der Waals surface area contributed by atoms with Crippen LogP contribution in [0.25, 0.3) is 0 Å². The fourth-order valence-electron chi connectivity index (χ4n) is 0.383. The molecule has 0 amide bonds. The van der Waals surface area contributed by atoms with Gasteiger partial charge in [0.15, 0.2) is 0 Å². The average Bonchev–Trinajstić information content (AvgIpc) is 1.64. The molecule has 0 saturated heterocycles. The standard InChI is InChI=1S/C4H9ClN4/c1-9-2(3(5)6)4(7)8/h9H,6H2,1H3,(H3,7,8). The van der Waals surface area contributed by atoms with Crippen molar-refractivity contribution in [1.82, 2.24) is 5.32 Å². The summed E-state index contributed by atoms with van der Waals surface area (Å²) in [6.07, 6.45) is 0. The summed E-state index contributed by atoms with van der Waals surface area (Å²) < 4.78 is 0. The summed E-state index contributed by atoms with van der Waals surface area (Å²) in [5.74, 6) is -0.162. The Morgan fingerprint density at radius 3 is 2.00 bits per heavy atom. The molecule has 0 aliphatic rings. The fraction of sp³-hybridized carbons (Fsp3) is 0.250. The first-order valence-corrected chi connectivity index (χ1v) is 2.64. The van der Waals surface area contributed by atoms with Crippen LogP contribution in [0.3, 0.4) is 0 Å².